The lowest BCUT2D eigenvalue weighted by Crippen LogP contribution is -2.48. The van der Waals surface area contributed by atoms with Crippen LogP contribution in [0.3, 0.4) is 0 Å². The maximum atomic E-state index is 13.4. The van der Waals surface area contributed by atoms with Gasteiger partial charge in [0.15, 0.2) is 5.76 Å². The zero-order valence-electron chi connectivity index (χ0n) is 23.4. The van der Waals surface area contributed by atoms with Crippen LogP contribution in [-0.4, -0.2) is 81.1 Å². The molecule has 3 aromatic rings. The minimum absolute atomic E-state index is 0.00973. The second-order valence-corrected chi connectivity index (χ2v) is 15.0. The van der Waals surface area contributed by atoms with Gasteiger partial charge >= 0.3 is 0 Å². The number of aliphatic hydroxyl groups excluding tert-OH is 1. The number of rotatable bonds is 9. The van der Waals surface area contributed by atoms with E-state index in [1.807, 2.05) is 6.92 Å². The SMILES string of the molecule is Cc1noc(C)c1S(=O)(=O)N(C)C[C@H]1Oc2ccc(NS(=O)(=O)c3cccs3)cc2CC(=O)N([C@H](C)CO)C[C@H]1C. The number of thiophene rings is 1. The van der Waals surface area contributed by atoms with Crippen molar-refractivity contribution in [2.75, 3.05) is 31.5 Å². The summed E-state index contributed by atoms with van der Waals surface area (Å²) in [6.07, 6.45) is -0.817. The van der Waals surface area contributed by atoms with Gasteiger partial charge in [0.1, 0.15) is 26.7 Å². The van der Waals surface area contributed by atoms with Gasteiger partial charge in [0.2, 0.25) is 15.9 Å². The first-order chi connectivity index (χ1) is 19.2. The van der Waals surface area contributed by atoms with Crippen molar-refractivity contribution in [2.45, 2.75) is 55.4 Å². The van der Waals surface area contributed by atoms with Crippen molar-refractivity contribution in [3.05, 3.63) is 52.7 Å². The molecule has 224 valence electrons. The van der Waals surface area contributed by atoms with Crippen LogP contribution in [0.15, 0.2) is 49.3 Å². The first kappa shape index (κ1) is 31.0. The van der Waals surface area contributed by atoms with Crippen molar-refractivity contribution in [1.29, 1.82) is 0 Å². The van der Waals surface area contributed by atoms with Crippen molar-refractivity contribution in [1.82, 2.24) is 14.4 Å². The van der Waals surface area contributed by atoms with E-state index in [-0.39, 0.29) is 64.2 Å². The average molecular weight is 627 g/mol. The van der Waals surface area contributed by atoms with Gasteiger partial charge in [-0.05, 0) is 50.4 Å². The van der Waals surface area contributed by atoms with Crippen LogP contribution in [0.5, 0.6) is 5.75 Å². The van der Waals surface area contributed by atoms with Crippen LogP contribution in [-0.2, 0) is 31.3 Å². The fraction of sp³-hybridized carbons (Fsp3) is 0.462. The minimum atomic E-state index is -3.98. The minimum Gasteiger partial charge on any atom is -0.488 e. The average Bonchev–Trinajstić information content (AvgIpc) is 3.58. The molecule has 4 rings (SSSR count). The normalized spacial score (nSPS) is 19.2. The largest absolute Gasteiger partial charge is 0.488 e. The maximum Gasteiger partial charge on any atom is 0.271 e. The highest BCUT2D eigenvalue weighted by Crippen LogP contribution is 2.31. The Morgan fingerprint density at radius 2 is 1.98 bits per heavy atom. The van der Waals surface area contributed by atoms with Gasteiger partial charge in [0, 0.05) is 30.8 Å². The number of carbonyl (C=O) groups is 1. The molecule has 1 aliphatic heterocycles. The number of carbonyl (C=O) groups excluding carboxylic acids is 1. The number of aryl methyl sites for hydroxylation is 2. The highest BCUT2D eigenvalue weighted by molar-refractivity contribution is 7.94. The summed E-state index contributed by atoms with van der Waals surface area (Å²) in [6.45, 7) is 6.53. The molecule has 0 saturated carbocycles. The zero-order valence-corrected chi connectivity index (χ0v) is 25.8. The summed E-state index contributed by atoms with van der Waals surface area (Å²) >= 11 is 1.08. The predicted molar refractivity (Wildman–Crippen MR) is 153 cm³/mol. The quantitative estimate of drug-likeness (QED) is 0.364. The number of hydrogen-bond acceptors (Lipinski definition) is 10. The monoisotopic (exact) mass is 626 g/mol. The number of sulfonamides is 2. The van der Waals surface area contributed by atoms with Crippen LogP contribution in [0.1, 0.15) is 30.9 Å². The van der Waals surface area contributed by atoms with Crippen LogP contribution < -0.4 is 9.46 Å². The first-order valence-electron chi connectivity index (χ1n) is 12.9. The Labute approximate surface area is 244 Å². The number of amides is 1. The van der Waals surface area contributed by atoms with Gasteiger partial charge in [-0.1, -0.05) is 18.1 Å². The van der Waals surface area contributed by atoms with Crippen molar-refractivity contribution < 1.29 is 36.0 Å². The molecule has 15 heteroatoms. The van der Waals surface area contributed by atoms with E-state index in [0.29, 0.717) is 11.3 Å². The molecule has 0 radical (unpaired) electrons. The number of nitrogens with zero attached hydrogens (tertiary/aromatic N) is 3. The Bertz CT molecular complexity index is 1580. The molecule has 2 aromatic heterocycles. The van der Waals surface area contributed by atoms with E-state index in [1.54, 1.807) is 36.3 Å². The summed E-state index contributed by atoms with van der Waals surface area (Å²) in [7, 11) is -6.37. The molecule has 1 amide bonds. The van der Waals surface area contributed by atoms with E-state index >= 15 is 0 Å². The topological polar surface area (TPSA) is 159 Å². The third-order valence-electron chi connectivity index (χ3n) is 7.00. The fourth-order valence-electron chi connectivity index (χ4n) is 4.68. The van der Waals surface area contributed by atoms with Crippen molar-refractivity contribution in [3.8, 4) is 5.75 Å². The number of anilines is 1. The molecule has 0 unspecified atom stereocenters. The number of nitrogens with one attached hydrogen (secondary N) is 1. The molecule has 0 aliphatic carbocycles. The van der Waals surface area contributed by atoms with Crippen LogP contribution >= 0.6 is 11.3 Å². The molecule has 0 bridgehead atoms. The Morgan fingerprint density at radius 1 is 1.24 bits per heavy atom. The Kier molecular flexibility index (Phi) is 9.13. The lowest BCUT2D eigenvalue weighted by Gasteiger charge is -2.33. The number of fused-ring (bicyclic) bond motifs is 1. The predicted octanol–water partition coefficient (Wildman–Crippen LogP) is 2.62. The summed E-state index contributed by atoms with van der Waals surface area (Å²) in [6, 6.07) is 7.27. The van der Waals surface area contributed by atoms with Gasteiger partial charge in [0.05, 0.1) is 25.6 Å². The van der Waals surface area contributed by atoms with E-state index in [9.17, 15) is 26.7 Å². The van der Waals surface area contributed by atoms with E-state index in [0.717, 1.165) is 11.3 Å². The second-order valence-electron chi connectivity index (χ2n) is 10.2. The molecule has 3 heterocycles. The number of aliphatic hydroxyl groups is 1. The summed E-state index contributed by atoms with van der Waals surface area (Å²) < 4.78 is 67.8. The van der Waals surface area contributed by atoms with Crippen molar-refractivity contribution in [2.24, 2.45) is 5.92 Å². The van der Waals surface area contributed by atoms with Crippen LogP contribution in [0.4, 0.5) is 5.69 Å². The van der Waals surface area contributed by atoms with Crippen molar-refractivity contribution in [3.63, 3.8) is 0 Å². The zero-order chi connectivity index (χ0) is 30.1. The summed E-state index contributed by atoms with van der Waals surface area (Å²) in [5.74, 6) is -0.123. The third kappa shape index (κ3) is 6.59. The summed E-state index contributed by atoms with van der Waals surface area (Å²) in [5, 5.41) is 15.3. The molecule has 1 aromatic carbocycles. The lowest BCUT2D eigenvalue weighted by molar-refractivity contribution is -0.134. The highest BCUT2D eigenvalue weighted by atomic mass is 32.2. The smallest absolute Gasteiger partial charge is 0.271 e. The van der Waals surface area contributed by atoms with Crippen LogP contribution in [0.2, 0.25) is 0 Å². The number of likely N-dealkylation sites (N-methyl/N-ethyl adjacent to an activating group) is 1. The molecule has 2 N–H and O–H groups in total. The van der Waals surface area contributed by atoms with Gasteiger partial charge in [-0.2, -0.15) is 4.31 Å². The van der Waals surface area contributed by atoms with E-state index < -0.39 is 32.2 Å². The summed E-state index contributed by atoms with van der Waals surface area (Å²) in [5.41, 5.74) is 0.915. The molecule has 0 saturated heterocycles. The number of benzene rings is 1. The maximum absolute atomic E-state index is 13.4. The van der Waals surface area contributed by atoms with E-state index in [4.69, 9.17) is 9.26 Å². The van der Waals surface area contributed by atoms with Gasteiger partial charge in [-0.25, -0.2) is 16.8 Å². The molecular weight excluding hydrogens is 593 g/mol. The number of aromatic nitrogens is 1. The van der Waals surface area contributed by atoms with E-state index in [1.165, 1.54) is 36.5 Å². The lowest BCUT2D eigenvalue weighted by atomic mass is 10.0. The molecule has 1 aliphatic rings. The van der Waals surface area contributed by atoms with Crippen LogP contribution in [0.25, 0.3) is 0 Å². The highest BCUT2D eigenvalue weighted by Gasteiger charge is 2.35. The van der Waals surface area contributed by atoms with Gasteiger partial charge in [-0.15, -0.1) is 11.3 Å². The number of hydrogen-bond donors (Lipinski definition) is 2. The number of ether oxygens (including phenoxy) is 1. The fourth-order valence-corrected chi connectivity index (χ4v) is 8.19. The molecule has 41 heavy (non-hydrogen) atoms. The second kappa shape index (κ2) is 12.1. The first-order valence-corrected chi connectivity index (χ1v) is 16.7. The molecule has 0 spiro atoms. The van der Waals surface area contributed by atoms with Gasteiger partial charge < -0.3 is 19.3 Å². The Balaban J connectivity index is 1.70. The van der Waals surface area contributed by atoms with Gasteiger partial charge in [-0.3, -0.25) is 9.52 Å². The third-order valence-corrected chi connectivity index (χ3v) is 11.8. The molecule has 0 fully saturated rings. The standard InChI is InChI=1S/C26H34N4O8S3/c1-16-13-30(17(2)15-31)24(32)12-20-11-21(28-40(33,34)25-7-6-10-39-25)8-9-22(20)37-23(16)14-29(5)41(35,36)26-18(3)27-38-19(26)4/h6-11,16-17,23,28,31H,12-15H2,1-5H3/t16-,17-,23-/m1/s1. The van der Waals surface area contributed by atoms with Gasteiger partial charge in [0.25, 0.3) is 10.0 Å². The van der Waals surface area contributed by atoms with Crippen LogP contribution in [0, 0.1) is 19.8 Å². The Hall–Kier alpha value is -2.98. The Morgan fingerprint density at radius 3 is 2.59 bits per heavy atom. The summed E-state index contributed by atoms with van der Waals surface area (Å²) in [4.78, 5) is 15.0. The van der Waals surface area contributed by atoms with E-state index in [2.05, 4.69) is 9.88 Å². The molecule has 12 nitrogen and oxygen atoms in total. The molecular formula is C26H34N4O8S3. The van der Waals surface area contributed by atoms with Crippen molar-refractivity contribution >= 4 is 43.0 Å². The molecule has 3 atom stereocenters.